The van der Waals surface area contributed by atoms with Crippen LogP contribution in [0.2, 0.25) is 0 Å². The molecule has 22 heteroatoms. The van der Waals surface area contributed by atoms with Crippen LogP contribution in [-0.4, -0.2) is 75.1 Å². The molecule has 2 heterocycles. The molecule has 6 rings (SSSR count). The lowest BCUT2D eigenvalue weighted by atomic mass is 10.0. The van der Waals surface area contributed by atoms with Crippen molar-refractivity contribution in [1.29, 1.82) is 0 Å². The van der Waals surface area contributed by atoms with Crippen LogP contribution in [0.1, 0.15) is 111 Å². The molecule has 76 heavy (non-hydrogen) atoms. The van der Waals surface area contributed by atoms with Crippen molar-refractivity contribution in [2.45, 2.75) is 129 Å². The summed E-state index contributed by atoms with van der Waals surface area (Å²) in [6, 6.07) is 28.6. The van der Waals surface area contributed by atoms with E-state index < -0.39 is 68.7 Å². The van der Waals surface area contributed by atoms with Crippen molar-refractivity contribution in [3.8, 4) is 0 Å². The summed E-state index contributed by atoms with van der Waals surface area (Å²) >= 11 is 2.87. The maximum atomic E-state index is 13.6. The van der Waals surface area contributed by atoms with E-state index in [1.165, 1.54) is 46.9 Å². The van der Waals surface area contributed by atoms with Crippen LogP contribution in [0, 0.1) is 10.1 Å². The minimum Gasteiger partial charge on any atom is -0.444 e. The van der Waals surface area contributed by atoms with Gasteiger partial charge in [0.1, 0.15) is 33.3 Å². The number of carbonyl (C=O) groups is 4. The second-order valence-corrected chi connectivity index (χ2v) is 22.5. The number of nitro benzene ring substituents is 1. The van der Waals surface area contributed by atoms with Crippen LogP contribution in [-0.2, 0) is 67.9 Å². The monoisotopic (exact) mass is 1100 g/mol. The molecule has 4 aromatic carbocycles. The molecule has 0 radical (unpaired) electrons. The summed E-state index contributed by atoms with van der Waals surface area (Å²) in [5, 5.41) is 27.9. The highest BCUT2D eigenvalue weighted by molar-refractivity contribution is 7.87. The lowest BCUT2D eigenvalue weighted by molar-refractivity contribution is -0.384. The molecule has 0 fully saturated rings. The van der Waals surface area contributed by atoms with Gasteiger partial charge in [0.15, 0.2) is 0 Å². The fourth-order valence-corrected chi connectivity index (χ4v) is 9.67. The fraction of sp³-hybridized carbons (Fsp3) is 0.370. The Kier molecular flexibility index (Phi) is 21.6. The van der Waals surface area contributed by atoms with E-state index in [0.29, 0.717) is 17.8 Å². The number of nitro groups is 1. The first kappa shape index (κ1) is 59.6. The third kappa shape index (κ3) is 20.8. The van der Waals surface area contributed by atoms with Gasteiger partial charge in [-0.3, -0.25) is 29.0 Å². The molecule has 2 aromatic heterocycles. The number of alkyl carbamates (subject to hydrolysis) is 2. The van der Waals surface area contributed by atoms with E-state index in [2.05, 4.69) is 31.2 Å². The summed E-state index contributed by atoms with van der Waals surface area (Å²) in [6.07, 6.45) is 1.39. The molecular weight excluding hydrogens is 1030 g/mol. The number of aromatic nitrogens is 2. The van der Waals surface area contributed by atoms with E-state index in [4.69, 9.17) is 14.0 Å². The Morgan fingerprint density at radius 1 is 0.592 bits per heavy atom. The van der Waals surface area contributed by atoms with Crippen LogP contribution in [0.4, 0.5) is 21.0 Å². The number of nitrogens with one attached hydrogen (secondary N) is 5. The van der Waals surface area contributed by atoms with Crippen LogP contribution in [0.5, 0.6) is 0 Å². The SMILES string of the molecule is CCc1csc([C@H](Cc2ccc(NS(=O)(=O)O)cc2)NC(=O)[C@H](Cc2ccccc2)NC(=O)OC(C)(C)C)n1.CCc1csc([C@H](Cc2ccc([N+](=O)[O-])cc2)NC(=O)[C@H](Cc2ccccc2)NC(=O)OC(C)(C)C)n1. The lowest BCUT2D eigenvalue weighted by Crippen LogP contribution is -2.50. The topological polar surface area (TPSA) is 270 Å². The summed E-state index contributed by atoms with van der Waals surface area (Å²) in [6.45, 7) is 14.5. The van der Waals surface area contributed by atoms with Crippen LogP contribution < -0.4 is 26.0 Å². The Hall–Kier alpha value is -7.27. The molecule has 4 amide bonds. The van der Waals surface area contributed by atoms with Crippen molar-refractivity contribution in [3.63, 3.8) is 0 Å². The largest absolute Gasteiger partial charge is 0.444 e. The number of rotatable bonds is 21. The molecule has 6 aromatic rings. The Labute approximate surface area is 451 Å². The molecule has 0 unspecified atom stereocenters. The molecule has 0 saturated carbocycles. The average molecular weight is 1100 g/mol. The highest BCUT2D eigenvalue weighted by atomic mass is 32.2. The van der Waals surface area contributed by atoms with E-state index in [0.717, 1.165) is 51.5 Å². The zero-order valence-electron chi connectivity index (χ0n) is 43.7. The first-order chi connectivity index (χ1) is 35.8. The number of nitrogens with zero attached hydrogens (tertiary/aromatic N) is 3. The molecule has 6 N–H and O–H groups in total. The number of anilines is 1. The van der Waals surface area contributed by atoms with E-state index >= 15 is 0 Å². The van der Waals surface area contributed by atoms with Crippen LogP contribution in [0.15, 0.2) is 120 Å². The summed E-state index contributed by atoms with van der Waals surface area (Å²) < 4.78 is 44.0. The van der Waals surface area contributed by atoms with E-state index in [1.54, 1.807) is 65.8 Å². The number of amides is 4. The van der Waals surface area contributed by atoms with Crippen LogP contribution in [0.3, 0.4) is 0 Å². The van der Waals surface area contributed by atoms with E-state index in [9.17, 15) is 37.7 Å². The smallest absolute Gasteiger partial charge is 0.408 e. The van der Waals surface area contributed by atoms with Crippen LogP contribution >= 0.6 is 22.7 Å². The number of aryl methyl sites for hydroxylation is 2. The van der Waals surface area contributed by atoms with Gasteiger partial charge in [0, 0.05) is 35.7 Å². The molecule has 4 atom stereocenters. The molecule has 0 spiro atoms. The third-order valence-corrected chi connectivity index (χ3v) is 13.4. The normalized spacial score (nSPS) is 13.1. The number of carbonyl (C=O) groups excluding carboxylic acids is 4. The third-order valence-electron chi connectivity index (χ3n) is 10.9. The van der Waals surface area contributed by atoms with Gasteiger partial charge in [-0.2, -0.15) is 8.42 Å². The average Bonchev–Trinajstić information content (AvgIpc) is 4.04. The Bertz CT molecular complexity index is 2960. The van der Waals surface area contributed by atoms with Gasteiger partial charge in [-0.1, -0.05) is 98.8 Å². The van der Waals surface area contributed by atoms with Gasteiger partial charge in [0.2, 0.25) is 11.8 Å². The molecule has 0 aliphatic heterocycles. The highest BCUT2D eigenvalue weighted by Crippen LogP contribution is 2.26. The first-order valence-electron chi connectivity index (χ1n) is 24.5. The summed E-state index contributed by atoms with van der Waals surface area (Å²) in [5.74, 6) is -0.775. The van der Waals surface area contributed by atoms with Crippen molar-refractivity contribution >= 4 is 68.4 Å². The fourth-order valence-electron chi connectivity index (χ4n) is 7.34. The minimum absolute atomic E-state index is 0.00339. The van der Waals surface area contributed by atoms with Crippen molar-refractivity contribution in [1.82, 2.24) is 31.2 Å². The molecule has 0 aliphatic carbocycles. The van der Waals surface area contributed by atoms with Gasteiger partial charge in [-0.05, 0) is 102 Å². The van der Waals surface area contributed by atoms with Gasteiger partial charge < -0.3 is 30.7 Å². The zero-order chi connectivity index (χ0) is 55.6. The Balaban J connectivity index is 0.000000281. The summed E-state index contributed by atoms with van der Waals surface area (Å²) in [7, 11) is -4.39. The second-order valence-electron chi connectivity index (χ2n) is 19.6. The molecular formula is C54H66N8O11S3. The quantitative estimate of drug-likeness (QED) is 0.0223. The maximum absolute atomic E-state index is 13.6. The number of hydrogen-bond donors (Lipinski definition) is 6. The van der Waals surface area contributed by atoms with Gasteiger partial charge in [0.25, 0.3) is 5.69 Å². The standard InChI is InChI=1S/C27H34N4O6S2.C27H32N4O5S/c1-5-20-17-38-25(28-20)23(16-19-11-13-21(14-12-19)31-39(34,35)36)29-24(32)22(15-18-9-7-6-8-10-18)30-26(33)37-27(2,3)4;1-5-20-17-37-25(28-20)23(16-19-11-13-21(14-12-19)31(34)35)29-24(32)22(15-18-9-7-6-8-10-18)30-26(33)36-27(2,3)4/h6-14,17,22-23,31H,5,15-16H2,1-4H3,(H,29,32)(H,30,33)(H,34,35,36);6-14,17,22-23H,5,15-16H2,1-4H3,(H,29,32)(H,30,33)/t2*22-,23-/m00/s1. The number of benzene rings is 4. The Morgan fingerprint density at radius 2 is 0.961 bits per heavy atom. The number of thiazole rings is 2. The maximum Gasteiger partial charge on any atom is 0.408 e. The zero-order valence-corrected chi connectivity index (χ0v) is 46.1. The summed E-state index contributed by atoms with van der Waals surface area (Å²) in [5.41, 5.74) is 3.93. The number of non-ortho nitro benzene ring substituents is 1. The van der Waals surface area contributed by atoms with Crippen molar-refractivity contribution in [3.05, 3.63) is 174 Å². The van der Waals surface area contributed by atoms with Crippen molar-refractivity contribution in [2.24, 2.45) is 0 Å². The first-order valence-corrected chi connectivity index (χ1v) is 27.7. The minimum atomic E-state index is -4.39. The van der Waals surface area contributed by atoms with Gasteiger partial charge in [-0.15, -0.1) is 22.7 Å². The molecule has 0 aliphatic rings. The Morgan fingerprint density at radius 3 is 1.29 bits per heavy atom. The summed E-state index contributed by atoms with van der Waals surface area (Å²) in [4.78, 5) is 72.2. The highest BCUT2D eigenvalue weighted by Gasteiger charge is 2.30. The van der Waals surface area contributed by atoms with E-state index in [-0.39, 0.29) is 30.1 Å². The van der Waals surface area contributed by atoms with Crippen molar-refractivity contribution in [2.75, 3.05) is 4.72 Å². The predicted octanol–water partition coefficient (Wildman–Crippen LogP) is 9.61. The van der Waals surface area contributed by atoms with Crippen LogP contribution in [0.25, 0.3) is 0 Å². The van der Waals surface area contributed by atoms with Gasteiger partial charge in [0.05, 0.1) is 34.1 Å². The molecule has 406 valence electrons. The predicted molar refractivity (Wildman–Crippen MR) is 293 cm³/mol. The molecule has 0 saturated heterocycles. The lowest BCUT2D eigenvalue weighted by Gasteiger charge is -2.25. The number of hydrogen-bond acceptors (Lipinski definition) is 14. The second kappa shape index (κ2) is 27.5. The van der Waals surface area contributed by atoms with Gasteiger partial charge in [-0.25, -0.2) is 19.6 Å². The van der Waals surface area contributed by atoms with Gasteiger partial charge >= 0.3 is 22.5 Å². The molecule has 0 bridgehead atoms. The molecule has 19 nitrogen and oxygen atoms in total. The van der Waals surface area contributed by atoms with Crippen molar-refractivity contribution < 1.29 is 46.5 Å². The van der Waals surface area contributed by atoms with E-state index in [1.807, 2.05) is 90.0 Å². The number of ether oxygens (including phenoxy) is 2.